The third-order valence-electron chi connectivity index (χ3n) is 2.50. The van der Waals surface area contributed by atoms with Gasteiger partial charge in [0.15, 0.2) is 0 Å². The zero-order valence-corrected chi connectivity index (χ0v) is 9.81. The third kappa shape index (κ3) is 3.35. The highest BCUT2D eigenvalue weighted by molar-refractivity contribution is 5.99. The monoisotopic (exact) mass is 238 g/mol. The lowest BCUT2D eigenvalue weighted by Crippen LogP contribution is -2.40. The highest BCUT2D eigenvalue weighted by atomic mass is 16.3. The molecule has 5 nitrogen and oxygen atoms in total. The molecule has 0 aliphatic carbocycles. The second kappa shape index (κ2) is 6.10. The summed E-state index contributed by atoms with van der Waals surface area (Å²) < 4.78 is 0. The summed E-state index contributed by atoms with van der Waals surface area (Å²) >= 11 is 0. The summed E-state index contributed by atoms with van der Waals surface area (Å²) in [5.41, 5.74) is 5.41. The van der Waals surface area contributed by atoms with Gasteiger partial charge in [0.05, 0.1) is 0 Å². The van der Waals surface area contributed by atoms with Crippen LogP contribution in [0.15, 0.2) is 18.2 Å². The predicted octanol–water partition coefficient (Wildman–Crippen LogP) is 0.955. The Hall–Kier alpha value is -1.75. The van der Waals surface area contributed by atoms with Crippen LogP contribution in [-0.2, 0) is 0 Å². The predicted molar refractivity (Wildman–Crippen MR) is 65.0 cm³/mol. The van der Waals surface area contributed by atoms with Crippen LogP contribution in [0.1, 0.15) is 30.1 Å². The third-order valence-corrected chi connectivity index (χ3v) is 2.50. The normalized spacial score (nSPS) is 12.1. The van der Waals surface area contributed by atoms with Gasteiger partial charge in [-0.25, -0.2) is 0 Å². The number of hydrogen-bond donors (Lipinski definition) is 4. The zero-order chi connectivity index (χ0) is 12.8. The van der Waals surface area contributed by atoms with E-state index in [2.05, 4.69) is 5.32 Å². The molecule has 5 N–H and O–H groups in total. The second-order valence-corrected chi connectivity index (χ2v) is 3.87. The fraction of sp³-hybridized carbons (Fsp3) is 0.417. The molecule has 0 bridgehead atoms. The van der Waals surface area contributed by atoms with Gasteiger partial charge in [-0.3, -0.25) is 4.79 Å². The summed E-state index contributed by atoms with van der Waals surface area (Å²) in [6.45, 7) is 2.32. The summed E-state index contributed by atoms with van der Waals surface area (Å²) in [6.07, 6.45) is 1.66. The van der Waals surface area contributed by atoms with E-state index in [0.717, 1.165) is 12.8 Å². The topological polar surface area (TPSA) is 95.6 Å². The van der Waals surface area contributed by atoms with E-state index in [1.54, 1.807) is 0 Å². The molecule has 5 heteroatoms. The van der Waals surface area contributed by atoms with E-state index < -0.39 is 5.91 Å². The summed E-state index contributed by atoms with van der Waals surface area (Å²) in [6, 6.07) is 4.03. The number of carbonyl (C=O) groups is 1. The van der Waals surface area contributed by atoms with Gasteiger partial charge in [0.2, 0.25) is 0 Å². The van der Waals surface area contributed by atoms with Crippen LogP contribution in [0.5, 0.6) is 11.5 Å². The van der Waals surface area contributed by atoms with Crippen molar-refractivity contribution in [1.29, 1.82) is 0 Å². The molecule has 0 spiro atoms. The Balaban J connectivity index is 2.82. The lowest BCUT2D eigenvalue weighted by Gasteiger charge is -2.16. The quantitative estimate of drug-likeness (QED) is 0.614. The number of benzene rings is 1. The second-order valence-electron chi connectivity index (χ2n) is 3.87. The van der Waals surface area contributed by atoms with E-state index in [1.807, 2.05) is 6.92 Å². The van der Waals surface area contributed by atoms with E-state index in [1.165, 1.54) is 18.2 Å². The Bertz CT molecular complexity index is 373. The zero-order valence-electron chi connectivity index (χ0n) is 9.81. The van der Waals surface area contributed by atoms with E-state index in [9.17, 15) is 15.0 Å². The SMILES string of the molecule is CCCC(CN)NC(=O)c1c(O)cccc1O. The number of nitrogens with two attached hydrogens (primary N) is 1. The maximum absolute atomic E-state index is 11.8. The van der Waals surface area contributed by atoms with Gasteiger partial charge in [-0.2, -0.15) is 0 Å². The minimum atomic E-state index is -0.510. The number of rotatable bonds is 5. The molecule has 1 unspecified atom stereocenters. The van der Waals surface area contributed by atoms with E-state index in [-0.39, 0.29) is 23.1 Å². The van der Waals surface area contributed by atoms with E-state index >= 15 is 0 Å². The van der Waals surface area contributed by atoms with Crippen LogP contribution in [-0.4, -0.2) is 28.7 Å². The Morgan fingerprint density at radius 2 is 2.00 bits per heavy atom. The maximum Gasteiger partial charge on any atom is 0.259 e. The standard InChI is InChI=1S/C12H18N2O3/c1-2-4-8(7-13)14-12(17)11-9(15)5-3-6-10(11)16/h3,5-6,8,15-16H,2,4,7,13H2,1H3,(H,14,17). The molecule has 17 heavy (non-hydrogen) atoms. The van der Waals surface area contributed by atoms with Gasteiger partial charge in [0, 0.05) is 12.6 Å². The molecule has 0 aliphatic heterocycles. The first-order chi connectivity index (χ1) is 8.10. The Labute approximate surface area is 100 Å². The average Bonchev–Trinajstić information content (AvgIpc) is 2.28. The van der Waals surface area contributed by atoms with Crippen LogP contribution in [0.4, 0.5) is 0 Å². The van der Waals surface area contributed by atoms with Crippen molar-refractivity contribution in [2.45, 2.75) is 25.8 Å². The lowest BCUT2D eigenvalue weighted by molar-refractivity contribution is 0.0930. The Kier molecular flexibility index (Phi) is 4.78. The van der Waals surface area contributed by atoms with Gasteiger partial charge in [-0.15, -0.1) is 0 Å². The minimum Gasteiger partial charge on any atom is -0.507 e. The van der Waals surface area contributed by atoms with Gasteiger partial charge >= 0.3 is 0 Å². The van der Waals surface area contributed by atoms with Crippen molar-refractivity contribution in [3.8, 4) is 11.5 Å². The highest BCUT2D eigenvalue weighted by Crippen LogP contribution is 2.25. The first-order valence-electron chi connectivity index (χ1n) is 5.62. The molecule has 0 saturated carbocycles. The van der Waals surface area contributed by atoms with Crippen molar-refractivity contribution in [2.75, 3.05) is 6.54 Å². The fourth-order valence-electron chi connectivity index (χ4n) is 1.62. The number of phenols is 2. The summed E-state index contributed by atoms with van der Waals surface area (Å²) in [5, 5.41) is 21.7. The van der Waals surface area contributed by atoms with Crippen molar-refractivity contribution in [3.63, 3.8) is 0 Å². The molecular formula is C12H18N2O3. The summed E-state index contributed by atoms with van der Waals surface area (Å²) in [5.74, 6) is -0.992. The van der Waals surface area contributed by atoms with Gasteiger partial charge in [0.25, 0.3) is 5.91 Å². The van der Waals surface area contributed by atoms with Crippen LogP contribution in [0.25, 0.3) is 0 Å². The molecule has 1 aromatic rings. The van der Waals surface area contributed by atoms with E-state index in [4.69, 9.17) is 5.73 Å². The smallest absolute Gasteiger partial charge is 0.259 e. The molecule has 1 rings (SSSR count). The fourth-order valence-corrected chi connectivity index (χ4v) is 1.62. The van der Waals surface area contributed by atoms with Crippen molar-refractivity contribution >= 4 is 5.91 Å². The average molecular weight is 238 g/mol. The number of carbonyl (C=O) groups excluding carboxylic acids is 1. The molecule has 0 aliphatic rings. The Morgan fingerprint density at radius 1 is 1.41 bits per heavy atom. The van der Waals surface area contributed by atoms with Crippen LogP contribution in [0.2, 0.25) is 0 Å². The molecule has 0 radical (unpaired) electrons. The first kappa shape index (κ1) is 13.3. The summed E-state index contributed by atoms with van der Waals surface area (Å²) in [7, 11) is 0. The van der Waals surface area contributed by atoms with Crippen LogP contribution in [0, 0.1) is 0 Å². The van der Waals surface area contributed by atoms with E-state index in [0.29, 0.717) is 6.54 Å². The van der Waals surface area contributed by atoms with Crippen LogP contribution >= 0.6 is 0 Å². The van der Waals surface area contributed by atoms with Gasteiger partial charge in [-0.1, -0.05) is 19.4 Å². The minimum absolute atomic E-state index is 0.109. The molecular weight excluding hydrogens is 220 g/mol. The Morgan fingerprint density at radius 3 is 2.47 bits per heavy atom. The molecule has 1 amide bonds. The number of hydrogen-bond acceptors (Lipinski definition) is 4. The number of phenolic OH excluding ortho intramolecular Hbond substituents is 2. The molecule has 0 heterocycles. The van der Waals surface area contributed by atoms with Gasteiger partial charge in [0.1, 0.15) is 17.1 Å². The molecule has 94 valence electrons. The maximum atomic E-state index is 11.8. The molecule has 0 saturated heterocycles. The number of amides is 1. The first-order valence-corrected chi connectivity index (χ1v) is 5.62. The van der Waals surface area contributed by atoms with Crippen molar-refractivity contribution in [3.05, 3.63) is 23.8 Å². The van der Waals surface area contributed by atoms with Crippen molar-refractivity contribution in [2.24, 2.45) is 5.73 Å². The largest absolute Gasteiger partial charge is 0.507 e. The molecule has 0 fully saturated rings. The van der Waals surface area contributed by atoms with Crippen molar-refractivity contribution < 1.29 is 15.0 Å². The van der Waals surface area contributed by atoms with Gasteiger partial charge in [-0.05, 0) is 18.6 Å². The van der Waals surface area contributed by atoms with Crippen molar-refractivity contribution in [1.82, 2.24) is 5.32 Å². The molecule has 1 atom stereocenters. The van der Waals surface area contributed by atoms with Crippen LogP contribution in [0.3, 0.4) is 0 Å². The highest BCUT2D eigenvalue weighted by Gasteiger charge is 2.18. The lowest BCUT2D eigenvalue weighted by atomic mass is 10.1. The summed E-state index contributed by atoms with van der Waals surface area (Å²) in [4.78, 5) is 11.8. The number of nitrogens with one attached hydrogen (secondary N) is 1. The molecule has 0 aromatic heterocycles. The van der Waals surface area contributed by atoms with Gasteiger partial charge < -0.3 is 21.3 Å². The van der Waals surface area contributed by atoms with Crippen LogP contribution < -0.4 is 11.1 Å². The molecule has 1 aromatic carbocycles. The number of aromatic hydroxyl groups is 2.